The van der Waals surface area contributed by atoms with Crippen LogP contribution in [0.3, 0.4) is 0 Å². The molecule has 0 spiro atoms. The van der Waals surface area contributed by atoms with E-state index in [9.17, 15) is 9.59 Å². The van der Waals surface area contributed by atoms with Crippen molar-refractivity contribution in [2.24, 2.45) is 0 Å². The number of carbonyl (C=O) groups is 1. The molecule has 0 fully saturated rings. The zero-order valence-corrected chi connectivity index (χ0v) is 6.82. The topological polar surface area (TPSA) is 74.6 Å². The Labute approximate surface area is 71.2 Å². The highest BCUT2D eigenvalue weighted by Crippen LogP contribution is 2.01. The Hall–Kier alpha value is -0.740. The SMILES string of the molecule is O=[C]CCC(O)C(=O)CCCO. The van der Waals surface area contributed by atoms with Gasteiger partial charge in [-0.15, -0.1) is 0 Å². The summed E-state index contributed by atoms with van der Waals surface area (Å²) in [6, 6.07) is 0. The quantitative estimate of drug-likeness (QED) is 0.548. The van der Waals surface area contributed by atoms with Crippen LogP contribution in [-0.4, -0.2) is 35.0 Å². The van der Waals surface area contributed by atoms with Crippen LogP contribution < -0.4 is 0 Å². The van der Waals surface area contributed by atoms with E-state index >= 15 is 0 Å². The van der Waals surface area contributed by atoms with Gasteiger partial charge in [0.05, 0.1) is 0 Å². The Morgan fingerprint density at radius 1 is 1.50 bits per heavy atom. The smallest absolute Gasteiger partial charge is 0.198 e. The van der Waals surface area contributed by atoms with Gasteiger partial charge in [0, 0.05) is 19.4 Å². The second-order valence-electron chi connectivity index (χ2n) is 2.49. The van der Waals surface area contributed by atoms with Gasteiger partial charge in [0.2, 0.25) is 0 Å². The van der Waals surface area contributed by atoms with Crippen molar-refractivity contribution < 1.29 is 19.8 Å². The molecule has 12 heavy (non-hydrogen) atoms. The molecule has 0 aliphatic carbocycles. The predicted octanol–water partition coefficient (Wildman–Crippen LogP) is -0.421. The van der Waals surface area contributed by atoms with Gasteiger partial charge < -0.3 is 10.2 Å². The van der Waals surface area contributed by atoms with Gasteiger partial charge in [-0.1, -0.05) is 0 Å². The fraction of sp³-hybridized carbons (Fsp3) is 0.750. The minimum absolute atomic E-state index is 0.0573. The largest absolute Gasteiger partial charge is 0.396 e. The Bertz CT molecular complexity index is 144. The molecule has 69 valence electrons. The molecule has 0 heterocycles. The van der Waals surface area contributed by atoms with Crippen LogP contribution in [0.5, 0.6) is 0 Å². The predicted molar refractivity (Wildman–Crippen MR) is 42.3 cm³/mol. The molecule has 0 aromatic carbocycles. The minimum Gasteiger partial charge on any atom is -0.396 e. The van der Waals surface area contributed by atoms with E-state index in [1.165, 1.54) is 0 Å². The van der Waals surface area contributed by atoms with Crippen LogP contribution >= 0.6 is 0 Å². The Morgan fingerprint density at radius 3 is 2.67 bits per heavy atom. The van der Waals surface area contributed by atoms with Crippen molar-refractivity contribution in [3.05, 3.63) is 0 Å². The van der Waals surface area contributed by atoms with Gasteiger partial charge >= 0.3 is 0 Å². The minimum atomic E-state index is -1.07. The zero-order chi connectivity index (χ0) is 9.40. The summed E-state index contributed by atoms with van der Waals surface area (Å²) in [5, 5.41) is 17.4. The first-order valence-corrected chi connectivity index (χ1v) is 3.89. The molecule has 1 radical (unpaired) electrons. The summed E-state index contributed by atoms with van der Waals surface area (Å²) < 4.78 is 0. The Balaban J connectivity index is 3.53. The second-order valence-corrected chi connectivity index (χ2v) is 2.49. The molecule has 0 rings (SSSR count). The van der Waals surface area contributed by atoms with E-state index in [2.05, 4.69) is 0 Å². The fourth-order valence-corrected chi connectivity index (χ4v) is 0.777. The fourth-order valence-electron chi connectivity index (χ4n) is 0.777. The number of rotatable bonds is 7. The van der Waals surface area contributed by atoms with E-state index in [4.69, 9.17) is 10.2 Å². The van der Waals surface area contributed by atoms with Crippen molar-refractivity contribution in [2.75, 3.05) is 6.61 Å². The molecule has 2 N–H and O–H groups in total. The first-order chi connectivity index (χ1) is 5.72. The first kappa shape index (κ1) is 11.3. The first-order valence-electron chi connectivity index (χ1n) is 3.89. The highest BCUT2D eigenvalue weighted by molar-refractivity contribution is 5.82. The molecule has 1 atom stereocenters. The lowest BCUT2D eigenvalue weighted by molar-refractivity contribution is -0.127. The van der Waals surface area contributed by atoms with Crippen molar-refractivity contribution in [2.45, 2.75) is 31.8 Å². The van der Waals surface area contributed by atoms with Gasteiger partial charge in [0.15, 0.2) is 12.1 Å². The van der Waals surface area contributed by atoms with Gasteiger partial charge in [-0.3, -0.25) is 9.59 Å². The number of hydrogen-bond acceptors (Lipinski definition) is 4. The van der Waals surface area contributed by atoms with E-state index in [0.717, 1.165) is 0 Å². The summed E-state index contributed by atoms with van der Waals surface area (Å²) in [5.74, 6) is -0.320. The van der Waals surface area contributed by atoms with Gasteiger partial charge in [0.1, 0.15) is 6.10 Å². The molecule has 0 aliphatic rings. The van der Waals surface area contributed by atoms with Gasteiger partial charge in [-0.2, -0.15) is 0 Å². The van der Waals surface area contributed by atoms with Crippen LogP contribution in [-0.2, 0) is 9.59 Å². The molecule has 0 aromatic heterocycles. The molecule has 1 unspecified atom stereocenters. The molecule has 0 aliphatic heterocycles. The molecule has 0 aromatic rings. The molecule has 4 heteroatoms. The Morgan fingerprint density at radius 2 is 2.17 bits per heavy atom. The monoisotopic (exact) mass is 173 g/mol. The van der Waals surface area contributed by atoms with Gasteiger partial charge in [0.25, 0.3) is 0 Å². The second kappa shape index (κ2) is 6.94. The van der Waals surface area contributed by atoms with Gasteiger partial charge in [-0.25, -0.2) is 0 Å². The van der Waals surface area contributed by atoms with Crippen LogP contribution in [0, 0.1) is 0 Å². The lowest BCUT2D eigenvalue weighted by Gasteiger charge is -2.05. The molecular weight excluding hydrogens is 160 g/mol. The van der Waals surface area contributed by atoms with Crippen molar-refractivity contribution in [1.29, 1.82) is 0 Å². The van der Waals surface area contributed by atoms with Gasteiger partial charge in [-0.05, 0) is 12.8 Å². The molecule has 0 amide bonds. The number of hydrogen-bond donors (Lipinski definition) is 2. The van der Waals surface area contributed by atoms with E-state index < -0.39 is 6.10 Å². The van der Waals surface area contributed by atoms with Crippen molar-refractivity contribution in [3.8, 4) is 0 Å². The third-order valence-electron chi connectivity index (χ3n) is 1.47. The summed E-state index contributed by atoms with van der Waals surface area (Å²) in [4.78, 5) is 20.7. The molecule has 0 saturated heterocycles. The number of aliphatic hydroxyl groups is 2. The summed E-state index contributed by atoms with van der Waals surface area (Å²) in [6.07, 6.45) is 1.26. The summed E-state index contributed by atoms with van der Waals surface area (Å²) >= 11 is 0. The van der Waals surface area contributed by atoms with Crippen LogP contribution in [0.4, 0.5) is 0 Å². The average Bonchev–Trinajstić information content (AvgIpc) is 2.10. The van der Waals surface area contributed by atoms with Crippen molar-refractivity contribution >= 4 is 12.1 Å². The maximum absolute atomic E-state index is 10.9. The van der Waals surface area contributed by atoms with Crippen molar-refractivity contribution in [3.63, 3.8) is 0 Å². The highest BCUT2D eigenvalue weighted by Gasteiger charge is 2.13. The number of aliphatic hydroxyl groups excluding tert-OH is 2. The van der Waals surface area contributed by atoms with Crippen LogP contribution in [0.15, 0.2) is 0 Å². The molecule has 0 bridgehead atoms. The average molecular weight is 173 g/mol. The summed E-state index contributed by atoms with van der Waals surface area (Å²) in [5.41, 5.74) is 0. The van der Waals surface area contributed by atoms with Crippen molar-refractivity contribution in [1.82, 2.24) is 0 Å². The third kappa shape index (κ3) is 4.98. The van der Waals surface area contributed by atoms with Crippen LogP contribution in [0.2, 0.25) is 0 Å². The Kier molecular flexibility index (Phi) is 6.51. The number of ketones is 1. The highest BCUT2D eigenvalue weighted by atomic mass is 16.3. The summed E-state index contributed by atoms with van der Waals surface area (Å²) in [7, 11) is 0. The lowest BCUT2D eigenvalue weighted by Crippen LogP contribution is -2.20. The van der Waals surface area contributed by atoms with Crippen LogP contribution in [0.1, 0.15) is 25.7 Å². The molecule has 0 saturated carbocycles. The number of Topliss-reactive ketones (excluding diaryl/α,β-unsaturated/α-hetero) is 1. The van der Waals surface area contributed by atoms with Crippen LogP contribution in [0.25, 0.3) is 0 Å². The third-order valence-corrected chi connectivity index (χ3v) is 1.47. The standard InChI is InChI=1S/C8H13O4/c9-5-1-3-7(11)8(12)4-2-6-10/h8-9,12H,1-5H2. The van der Waals surface area contributed by atoms with E-state index in [1.54, 1.807) is 6.29 Å². The van der Waals surface area contributed by atoms with E-state index in [1.807, 2.05) is 0 Å². The van der Waals surface area contributed by atoms with E-state index in [0.29, 0.717) is 6.42 Å². The maximum atomic E-state index is 10.9. The van der Waals surface area contributed by atoms with E-state index in [-0.39, 0.29) is 31.7 Å². The maximum Gasteiger partial charge on any atom is 0.198 e. The normalized spacial score (nSPS) is 12.5. The zero-order valence-electron chi connectivity index (χ0n) is 6.82. The lowest BCUT2D eigenvalue weighted by atomic mass is 10.1. The molecule has 4 nitrogen and oxygen atoms in total. The molecular formula is C8H13O4. The number of carbonyl (C=O) groups excluding carboxylic acids is 2. The summed E-state index contributed by atoms with van der Waals surface area (Å²) in [6.45, 7) is -0.0573.